The first kappa shape index (κ1) is 12.2. The van der Waals surface area contributed by atoms with Gasteiger partial charge < -0.3 is 0 Å². The molecule has 0 fully saturated rings. The van der Waals surface area contributed by atoms with Crippen LogP contribution in [0, 0.1) is 0 Å². The van der Waals surface area contributed by atoms with Crippen molar-refractivity contribution >= 4 is 39.8 Å². The van der Waals surface area contributed by atoms with Crippen LogP contribution in [0.4, 0.5) is 0 Å². The second-order valence-corrected chi connectivity index (χ2v) is 5.54. The summed E-state index contributed by atoms with van der Waals surface area (Å²) >= 11 is 0. The van der Waals surface area contributed by atoms with Crippen molar-refractivity contribution in [2.45, 2.75) is 0 Å². The summed E-state index contributed by atoms with van der Waals surface area (Å²) < 4.78 is 0. The maximum atomic E-state index is 2.30. The Labute approximate surface area is 125 Å². The molecule has 98 valence electrons. The lowest BCUT2D eigenvalue weighted by Crippen LogP contribution is -2.26. The minimum Gasteiger partial charge on any atom is -0.0779 e. The third-order valence-corrected chi connectivity index (χ3v) is 4.04. The van der Waals surface area contributed by atoms with E-state index in [2.05, 4.69) is 84.9 Å². The van der Waals surface area contributed by atoms with Crippen molar-refractivity contribution in [3.05, 3.63) is 84.9 Å². The topological polar surface area (TPSA) is 0 Å². The minimum atomic E-state index is 0.982. The SMILES string of the molecule is B(c1ccc2ccccc2c1)c1ccc2ccccc2c1. The average molecular weight is 266 g/mol. The Hall–Kier alpha value is -2.54. The van der Waals surface area contributed by atoms with Crippen LogP contribution >= 0.6 is 0 Å². The van der Waals surface area contributed by atoms with Gasteiger partial charge in [0.2, 0.25) is 0 Å². The van der Waals surface area contributed by atoms with Gasteiger partial charge in [-0.3, -0.25) is 0 Å². The number of hydrogen-bond donors (Lipinski definition) is 0. The van der Waals surface area contributed by atoms with E-state index in [0.717, 1.165) is 7.28 Å². The van der Waals surface area contributed by atoms with Crippen molar-refractivity contribution in [1.82, 2.24) is 0 Å². The number of benzene rings is 4. The molecule has 0 aliphatic carbocycles. The Balaban J connectivity index is 1.71. The maximum absolute atomic E-state index is 2.30. The van der Waals surface area contributed by atoms with Crippen LogP contribution < -0.4 is 10.9 Å². The van der Waals surface area contributed by atoms with Crippen LogP contribution in [0.2, 0.25) is 0 Å². The van der Waals surface area contributed by atoms with Gasteiger partial charge in [0.1, 0.15) is 0 Å². The second-order valence-electron chi connectivity index (χ2n) is 5.54. The molecule has 4 rings (SSSR count). The van der Waals surface area contributed by atoms with Crippen LogP contribution in [0.3, 0.4) is 0 Å². The van der Waals surface area contributed by atoms with Gasteiger partial charge >= 0.3 is 0 Å². The van der Waals surface area contributed by atoms with E-state index in [-0.39, 0.29) is 0 Å². The zero-order valence-corrected chi connectivity index (χ0v) is 11.8. The Morgan fingerprint density at radius 1 is 0.429 bits per heavy atom. The molecule has 21 heavy (non-hydrogen) atoms. The summed E-state index contributed by atoms with van der Waals surface area (Å²) in [5.41, 5.74) is 2.73. The van der Waals surface area contributed by atoms with E-state index < -0.39 is 0 Å². The molecule has 0 amide bonds. The van der Waals surface area contributed by atoms with Gasteiger partial charge in [-0.2, -0.15) is 0 Å². The lowest BCUT2D eigenvalue weighted by atomic mass is 9.63. The predicted octanol–water partition coefficient (Wildman–Crippen LogP) is 3.38. The predicted molar refractivity (Wildman–Crippen MR) is 94.3 cm³/mol. The fourth-order valence-corrected chi connectivity index (χ4v) is 2.93. The van der Waals surface area contributed by atoms with Crippen LogP contribution in [-0.2, 0) is 0 Å². The molecule has 0 aliphatic rings. The molecule has 4 aromatic rings. The Morgan fingerprint density at radius 2 is 0.857 bits per heavy atom. The van der Waals surface area contributed by atoms with Gasteiger partial charge in [0.25, 0.3) is 0 Å². The van der Waals surface area contributed by atoms with Crippen molar-refractivity contribution in [3.8, 4) is 0 Å². The van der Waals surface area contributed by atoms with E-state index in [1.54, 1.807) is 0 Å². The summed E-state index contributed by atoms with van der Waals surface area (Å²) in [6.45, 7) is 0. The molecule has 0 aliphatic heterocycles. The second kappa shape index (κ2) is 5.10. The summed E-state index contributed by atoms with van der Waals surface area (Å²) in [6.07, 6.45) is 0. The van der Waals surface area contributed by atoms with E-state index in [0.29, 0.717) is 0 Å². The van der Waals surface area contributed by atoms with Gasteiger partial charge in [0, 0.05) is 0 Å². The number of rotatable bonds is 2. The van der Waals surface area contributed by atoms with Crippen LogP contribution in [0.5, 0.6) is 0 Å². The highest BCUT2D eigenvalue weighted by Crippen LogP contribution is 2.12. The molecule has 0 unspecified atom stereocenters. The van der Waals surface area contributed by atoms with Gasteiger partial charge in [0.15, 0.2) is 7.28 Å². The summed E-state index contributed by atoms with van der Waals surface area (Å²) in [4.78, 5) is 0. The van der Waals surface area contributed by atoms with Crippen LogP contribution in [0.15, 0.2) is 84.9 Å². The highest BCUT2D eigenvalue weighted by molar-refractivity contribution is 6.67. The van der Waals surface area contributed by atoms with Crippen molar-refractivity contribution in [1.29, 1.82) is 0 Å². The van der Waals surface area contributed by atoms with Crippen molar-refractivity contribution in [2.24, 2.45) is 0 Å². The molecule has 0 atom stereocenters. The third-order valence-electron chi connectivity index (χ3n) is 4.04. The fraction of sp³-hybridized carbons (Fsp3) is 0. The molecule has 0 spiro atoms. The van der Waals surface area contributed by atoms with Crippen molar-refractivity contribution in [3.63, 3.8) is 0 Å². The molecule has 0 aromatic heterocycles. The van der Waals surface area contributed by atoms with Crippen LogP contribution in [0.1, 0.15) is 0 Å². The molecule has 0 radical (unpaired) electrons. The van der Waals surface area contributed by atoms with E-state index in [9.17, 15) is 0 Å². The monoisotopic (exact) mass is 266 g/mol. The first-order chi connectivity index (χ1) is 10.4. The Morgan fingerprint density at radius 3 is 1.33 bits per heavy atom. The maximum Gasteiger partial charge on any atom is 0.192 e. The standard InChI is InChI=1S/C20H15B/c1-3-7-17-13-19(11-9-15(17)5-1)21-20-12-10-16-6-2-4-8-18(16)14-20/h1-14,21H. The van der Waals surface area contributed by atoms with Gasteiger partial charge in [-0.1, -0.05) is 95.9 Å². The summed E-state index contributed by atoms with van der Waals surface area (Å²) in [7, 11) is 0.982. The van der Waals surface area contributed by atoms with Crippen LogP contribution in [0.25, 0.3) is 21.5 Å². The first-order valence-corrected chi connectivity index (χ1v) is 7.34. The molecular formula is C20H15B. The van der Waals surface area contributed by atoms with E-state index in [4.69, 9.17) is 0 Å². The van der Waals surface area contributed by atoms with Crippen LogP contribution in [-0.4, -0.2) is 7.28 Å². The van der Waals surface area contributed by atoms with Gasteiger partial charge in [-0.15, -0.1) is 0 Å². The molecular weight excluding hydrogens is 251 g/mol. The van der Waals surface area contributed by atoms with Crippen molar-refractivity contribution < 1.29 is 0 Å². The zero-order valence-electron chi connectivity index (χ0n) is 11.8. The molecule has 1 heteroatoms. The smallest absolute Gasteiger partial charge is 0.0779 e. The number of fused-ring (bicyclic) bond motifs is 2. The largest absolute Gasteiger partial charge is 0.192 e. The van der Waals surface area contributed by atoms with Gasteiger partial charge in [0.05, 0.1) is 0 Å². The normalized spacial score (nSPS) is 10.9. The quantitative estimate of drug-likeness (QED) is 0.488. The first-order valence-electron chi connectivity index (χ1n) is 7.34. The van der Waals surface area contributed by atoms with E-state index in [1.807, 2.05) is 0 Å². The Kier molecular flexibility index (Phi) is 2.97. The number of hydrogen-bond acceptors (Lipinski definition) is 0. The average Bonchev–Trinajstić information content (AvgIpc) is 2.55. The third kappa shape index (κ3) is 2.43. The lowest BCUT2D eigenvalue weighted by Gasteiger charge is -2.05. The molecule has 0 nitrogen and oxygen atoms in total. The van der Waals surface area contributed by atoms with Crippen molar-refractivity contribution in [2.75, 3.05) is 0 Å². The van der Waals surface area contributed by atoms with E-state index in [1.165, 1.54) is 32.5 Å². The summed E-state index contributed by atoms with van der Waals surface area (Å²) in [5.74, 6) is 0. The molecule has 0 bridgehead atoms. The molecule has 0 saturated carbocycles. The summed E-state index contributed by atoms with van der Waals surface area (Å²) in [6, 6.07) is 30.5. The zero-order chi connectivity index (χ0) is 14.1. The minimum absolute atomic E-state index is 0.982. The Bertz CT molecular complexity index is 847. The van der Waals surface area contributed by atoms with Gasteiger partial charge in [-0.25, -0.2) is 0 Å². The highest BCUT2D eigenvalue weighted by atomic mass is 14.0. The fourth-order valence-electron chi connectivity index (χ4n) is 2.93. The molecule has 0 N–H and O–H groups in total. The van der Waals surface area contributed by atoms with E-state index >= 15 is 0 Å². The molecule has 0 saturated heterocycles. The molecule has 4 aromatic carbocycles. The van der Waals surface area contributed by atoms with Gasteiger partial charge in [-0.05, 0) is 21.5 Å². The highest BCUT2D eigenvalue weighted by Gasteiger charge is 2.02. The molecule has 0 heterocycles. The summed E-state index contributed by atoms with van der Waals surface area (Å²) in [5, 5.41) is 5.24. The lowest BCUT2D eigenvalue weighted by molar-refractivity contribution is 1.77.